The number of nitrogens with one attached hydrogen (secondary N) is 1. The van der Waals surface area contributed by atoms with Crippen molar-refractivity contribution in [2.45, 2.75) is 31.1 Å². The van der Waals surface area contributed by atoms with Crippen LogP contribution in [0.4, 0.5) is 5.69 Å². The van der Waals surface area contributed by atoms with Crippen LogP contribution in [0.3, 0.4) is 0 Å². The van der Waals surface area contributed by atoms with Crippen molar-refractivity contribution in [1.29, 1.82) is 0 Å². The van der Waals surface area contributed by atoms with E-state index in [-0.39, 0.29) is 17.2 Å². The van der Waals surface area contributed by atoms with Gasteiger partial charge in [-0.1, -0.05) is 13.0 Å². The topological polar surface area (TPSA) is 94.2 Å². The van der Waals surface area contributed by atoms with E-state index in [9.17, 15) is 13.2 Å². The molecule has 0 bridgehead atoms. The Morgan fingerprint density at radius 1 is 0.969 bits per heavy atom. The van der Waals surface area contributed by atoms with Crippen molar-refractivity contribution in [3.05, 3.63) is 42.0 Å². The maximum atomic E-state index is 12.9. The number of sulfonamides is 1. The maximum absolute atomic E-state index is 12.9. The normalized spacial score (nSPS) is 15.2. The standard InChI is InChI=1S/C23H30N2O6S/c1-16-11-13-25(14-12-16)32(27,28)19-8-6-18(7-9-19)24-21(26)15-17-5-10-20(29-2)23(31-4)22(17)30-3/h5-10,16H,11-15H2,1-4H3,(H,24,26). The number of ether oxygens (including phenoxy) is 3. The van der Waals surface area contributed by atoms with Gasteiger partial charge in [0.05, 0.1) is 32.6 Å². The molecule has 8 nitrogen and oxygen atoms in total. The van der Waals surface area contributed by atoms with Crippen LogP contribution in [0, 0.1) is 5.92 Å². The summed E-state index contributed by atoms with van der Waals surface area (Å²) in [4.78, 5) is 12.8. The van der Waals surface area contributed by atoms with Crippen LogP contribution < -0.4 is 19.5 Å². The maximum Gasteiger partial charge on any atom is 0.243 e. The minimum Gasteiger partial charge on any atom is -0.493 e. The van der Waals surface area contributed by atoms with Crippen molar-refractivity contribution in [3.8, 4) is 17.2 Å². The second-order valence-electron chi connectivity index (χ2n) is 7.83. The lowest BCUT2D eigenvalue weighted by Crippen LogP contribution is -2.37. The highest BCUT2D eigenvalue weighted by atomic mass is 32.2. The van der Waals surface area contributed by atoms with Gasteiger partial charge in [-0.05, 0) is 49.1 Å². The van der Waals surface area contributed by atoms with Gasteiger partial charge in [0.1, 0.15) is 0 Å². The van der Waals surface area contributed by atoms with Crippen LogP contribution in [0.5, 0.6) is 17.2 Å². The number of methoxy groups -OCH3 is 3. The van der Waals surface area contributed by atoms with Crippen LogP contribution >= 0.6 is 0 Å². The average molecular weight is 463 g/mol. The summed E-state index contributed by atoms with van der Waals surface area (Å²) >= 11 is 0. The minimum atomic E-state index is -3.52. The first kappa shape index (κ1) is 23.9. The first-order chi connectivity index (χ1) is 15.3. The third-order valence-corrected chi connectivity index (χ3v) is 7.57. The zero-order chi connectivity index (χ0) is 23.3. The Morgan fingerprint density at radius 3 is 2.16 bits per heavy atom. The monoisotopic (exact) mass is 462 g/mol. The van der Waals surface area contributed by atoms with Crippen molar-refractivity contribution in [2.75, 3.05) is 39.7 Å². The number of nitrogens with zero attached hydrogens (tertiary/aromatic N) is 1. The fraction of sp³-hybridized carbons (Fsp3) is 0.435. The molecule has 3 rings (SSSR count). The molecule has 1 aliphatic heterocycles. The van der Waals surface area contributed by atoms with Gasteiger partial charge < -0.3 is 19.5 Å². The molecule has 0 spiro atoms. The van der Waals surface area contributed by atoms with Crippen molar-refractivity contribution >= 4 is 21.6 Å². The van der Waals surface area contributed by atoms with Gasteiger partial charge in [0, 0.05) is 24.3 Å². The Morgan fingerprint density at radius 2 is 1.59 bits per heavy atom. The lowest BCUT2D eigenvalue weighted by molar-refractivity contribution is -0.115. The first-order valence-electron chi connectivity index (χ1n) is 10.5. The predicted molar refractivity (Wildman–Crippen MR) is 122 cm³/mol. The predicted octanol–water partition coefficient (Wildman–Crippen LogP) is 3.31. The Kier molecular flexibility index (Phi) is 7.63. The number of rotatable bonds is 8. The van der Waals surface area contributed by atoms with Crippen LogP contribution in [-0.2, 0) is 21.2 Å². The second kappa shape index (κ2) is 10.2. The zero-order valence-electron chi connectivity index (χ0n) is 18.9. The highest BCUT2D eigenvalue weighted by Crippen LogP contribution is 2.40. The lowest BCUT2D eigenvalue weighted by atomic mass is 10.0. The van der Waals surface area contributed by atoms with Gasteiger partial charge >= 0.3 is 0 Å². The fourth-order valence-corrected chi connectivity index (χ4v) is 5.23. The molecule has 1 N–H and O–H groups in total. The molecule has 9 heteroatoms. The summed E-state index contributed by atoms with van der Waals surface area (Å²) in [5.41, 5.74) is 1.15. The van der Waals surface area contributed by atoms with E-state index in [1.807, 2.05) is 0 Å². The van der Waals surface area contributed by atoms with E-state index >= 15 is 0 Å². The summed E-state index contributed by atoms with van der Waals surface area (Å²) in [5, 5.41) is 2.80. The minimum absolute atomic E-state index is 0.0511. The molecule has 174 valence electrons. The van der Waals surface area contributed by atoms with Crippen molar-refractivity contribution in [2.24, 2.45) is 5.92 Å². The number of benzene rings is 2. The Bertz CT molecular complexity index is 1040. The van der Waals surface area contributed by atoms with Gasteiger partial charge in [-0.2, -0.15) is 4.31 Å². The summed E-state index contributed by atoms with van der Waals surface area (Å²) in [5.74, 6) is 1.63. The summed E-state index contributed by atoms with van der Waals surface area (Å²) < 4.78 is 43.3. The molecule has 2 aromatic carbocycles. The van der Waals surface area contributed by atoms with E-state index in [1.165, 1.54) is 37.8 Å². The van der Waals surface area contributed by atoms with Crippen LogP contribution in [0.15, 0.2) is 41.3 Å². The third-order valence-electron chi connectivity index (χ3n) is 5.66. The summed E-state index contributed by atoms with van der Waals surface area (Å²) in [6, 6.07) is 9.71. The number of amides is 1. The Labute approximate surface area is 189 Å². The fourth-order valence-electron chi connectivity index (χ4n) is 3.77. The molecular weight excluding hydrogens is 432 g/mol. The average Bonchev–Trinajstić information content (AvgIpc) is 2.79. The highest BCUT2D eigenvalue weighted by molar-refractivity contribution is 7.89. The van der Waals surface area contributed by atoms with Crippen LogP contribution in [0.2, 0.25) is 0 Å². The summed E-state index contributed by atoms with van der Waals surface area (Å²) in [6.07, 6.45) is 1.79. The lowest BCUT2D eigenvalue weighted by Gasteiger charge is -2.29. The summed E-state index contributed by atoms with van der Waals surface area (Å²) in [7, 11) is 1.01. The third kappa shape index (κ3) is 5.16. The molecule has 1 aliphatic rings. The number of carbonyl (C=O) groups is 1. The second-order valence-corrected chi connectivity index (χ2v) is 9.77. The number of hydrogen-bond acceptors (Lipinski definition) is 6. The highest BCUT2D eigenvalue weighted by Gasteiger charge is 2.28. The van der Waals surface area contributed by atoms with Crippen molar-refractivity contribution in [1.82, 2.24) is 4.31 Å². The summed E-state index contributed by atoms with van der Waals surface area (Å²) in [6.45, 7) is 3.21. The number of anilines is 1. The van der Waals surface area contributed by atoms with Gasteiger partial charge in [0.25, 0.3) is 0 Å². The van der Waals surface area contributed by atoms with E-state index in [1.54, 1.807) is 24.3 Å². The van der Waals surface area contributed by atoms with Gasteiger partial charge in [0.2, 0.25) is 21.7 Å². The molecule has 0 unspecified atom stereocenters. The van der Waals surface area contributed by atoms with Gasteiger partial charge in [-0.3, -0.25) is 4.79 Å². The zero-order valence-corrected chi connectivity index (χ0v) is 19.7. The number of hydrogen-bond donors (Lipinski definition) is 1. The van der Waals surface area contributed by atoms with E-state index < -0.39 is 10.0 Å². The Balaban J connectivity index is 1.69. The molecule has 1 saturated heterocycles. The molecule has 2 aromatic rings. The Hall–Kier alpha value is -2.78. The molecule has 1 amide bonds. The van der Waals surface area contributed by atoms with Gasteiger partial charge in [-0.15, -0.1) is 0 Å². The molecule has 1 heterocycles. The van der Waals surface area contributed by atoms with Gasteiger partial charge in [0.15, 0.2) is 11.5 Å². The molecule has 0 aromatic heterocycles. The molecule has 0 aliphatic carbocycles. The quantitative estimate of drug-likeness (QED) is 0.647. The van der Waals surface area contributed by atoms with E-state index in [4.69, 9.17) is 14.2 Å². The van der Waals surface area contributed by atoms with Crippen LogP contribution in [0.25, 0.3) is 0 Å². The SMILES string of the molecule is COc1ccc(CC(=O)Nc2ccc(S(=O)(=O)N3CCC(C)CC3)cc2)c(OC)c1OC. The molecule has 32 heavy (non-hydrogen) atoms. The van der Waals surface area contributed by atoms with E-state index in [0.717, 1.165) is 12.8 Å². The molecule has 0 radical (unpaired) electrons. The van der Waals surface area contributed by atoms with Crippen LogP contribution in [-0.4, -0.2) is 53.0 Å². The van der Waals surface area contributed by atoms with E-state index in [0.29, 0.717) is 47.5 Å². The molecule has 0 saturated carbocycles. The first-order valence-corrected chi connectivity index (χ1v) is 11.9. The molecule has 0 atom stereocenters. The molecule has 1 fully saturated rings. The molecular formula is C23H30N2O6S. The smallest absolute Gasteiger partial charge is 0.243 e. The number of carbonyl (C=O) groups excluding carboxylic acids is 1. The van der Waals surface area contributed by atoms with Crippen molar-refractivity contribution in [3.63, 3.8) is 0 Å². The van der Waals surface area contributed by atoms with Crippen molar-refractivity contribution < 1.29 is 27.4 Å². The van der Waals surface area contributed by atoms with E-state index in [2.05, 4.69) is 12.2 Å². The largest absolute Gasteiger partial charge is 0.493 e. The van der Waals surface area contributed by atoms with Crippen LogP contribution in [0.1, 0.15) is 25.3 Å². The van der Waals surface area contributed by atoms with Gasteiger partial charge in [-0.25, -0.2) is 8.42 Å². The number of piperidine rings is 1.